The minimum absolute atomic E-state index is 0.0679. The van der Waals surface area contributed by atoms with Gasteiger partial charge in [0.25, 0.3) is 11.5 Å². The fourth-order valence-electron chi connectivity index (χ4n) is 3.93. The van der Waals surface area contributed by atoms with Gasteiger partial charge in [-0.05, 0) is 55.2 Å². The zero-order valence-electron chi connectivity index (χ0n) is 15.6. The molecule has 1 heterocycles. The SMILES string of the molecule is O=C(NCCc1ccccc1)c1ccc2c(=O)n(C3CCCC3)c(=S)[nH]c2c1. The highest BCUT2D eigenvalue weighted by Gasteiger charge is 2.20. The lowest BCUT2D eigenvalue weighted by Crippen LogP contribution is -2.27. The number of benzene rings is 2. The van der Waals surface area contributed by atoms with E-state index in [0.717, 1.165) is 32.1 Å². The number of hydrogen-bond acceptors (Lipinski definition) is 3. The average Bonchev–Trinajstić information content (AvgIpc) is 3.22. The number of aromatic nitrogens is 2. The van der Waals surface area contributed by atoms with E-state index < -0.39 is 0 Å². The van der Waals surface area contributed by atoms with Gasteiger partial charge in [0, 0.05) is 18.2 Å². The number of H-pyrrole nitrogens is 1. The van der Waals surface area contributed by atoms with E-state index in [0.29, 0.717) is 27.8 Å². The summed E-state index contributed by atoms with van der Waals surface area (Å²) in [4.78, 5) is 28.6. The molecular weight excluding hydrogens is 370 g/mol. The number of amides is 1. The smallest absolute Gasteiger partial charge is 0.262 e. The molecule has 1 aliphatic carbocycles. The first-order chi connectivity index (χ1) is 13.6. The van der Waals surface area contributed by atoms with Crippen molar-refractivity contribution in [1.29, 1.82) is 0 Å². The molecule has 0 radical (unpaired) electrons. The summed E-state index contributed by atoms with van der Waals surface area (Å²) in [5.41, 5.74) is 2.24. The molecule has 1 fully saturated rings. The second-order valence-electron chi connectivity index (χ2n) is 7.30. The van der Waals surface area contributed by atoms with Crippen LogP contribution in [0.3, 0.4) is 0 Å². The lowest BCUT2D eigenvalue weighted by atomic mass is 10.1. The summed E-state index contributed by atoms with van der Waals surface area (Å²) < 4.78 is 2.15. The topological polar surface area (TPSA) is 66.9 Å². The van der Waals surface area contributed by atoms with Crippen LogP contribution in [0.5, 0.6) is 0 Å². The average molecular weight is 394 g/mol. The van der Waals surface area contributed by atoms with Crippen molar-refractivity contribution in [1.82, 2.24) is 14.9 Å². The van der Waals surface area contributed by atoms with Crippen LogP contribution >= 0.6 is 12.2 Å². The Labute approximate surface area is 168 Å². The number of nitrogens with one attached hydrogen (secondary N) is 2. The number of hydrogen-bond donors (Lipinski definition) is 2. The molecule has 0 aliphatic heterocycles. The van der Waals surface area contributed by atoms with Crippen LogP contribution in [0.15, 0.2) is 53.3 Å². The van der Waals surface area contributed by atoms with E-state index in [1.54, 1.807) is 22.8 Å². The maximum atomic E-state index is 12.9. The van der Waals surface area contributed by atoms with Crippen LogP contribution in [0.2, 0.25) is 0 Å². The molecule has 1 saturated carbocycles. The predicted molar refractivity (Wildman–Crippen MR) is 113 cm³/mol. The quantitative estimate of drug-likeness (QED) is 0.640. The van der Waals surface area contributed by atoms with Crippen LogP contribution in [-0.2, 0) is 6.42 Å². The summed E-state index contributed by atoms with van der Waals surface area (Å²) in [5.74, 6) is -0.155. The molecule has 0 saturated heterocycles. The van der Waals surface area contributed by atoms with Crippen LogP contribution in [0.25, 0.3) is 10.9 Å². The standard InChI is InChI=1S/C22H23N3O2S/c26-20(23-13-12-15-6-2-1-3-7-15)16-10-11-18-19(14-16)24-22(28)25(21(18)27)17-8-4-5-9-17/h1-3,6-7,10-11,14,17H,4-5,8-9,12-13H2,(H,23,26)(H,24,28). The van der Waals surface area contributed by atoms with Crippen molar-refractivity contribution in [2.45, 2.75) is 38.1 Å². The third-order valence-corrected chi connectivity index (χ3v) is 5.72. The molecule has 1 amide bonds. The van der Waals surface area contributed by atoms with Gasteiger partial charge in [0.1, 0.15) is 0 Å². The highest BCUT2D eigenvalue weighted by atomic mass is 32.1. The van der Waals surface area contributed by atoms with Crippen LogP contribution in [0.4, 0.5) is 0 Å². The third-order valence-electron chi connectivity index (χ3n) is 5.42. The molecule has 144 valence electrons. The molecule has 0 bridgehead atoms. The van der Waals surface area contributed by atoms with E-state index in [2.05, 4.69) is 10.3 Å². The van der Waals surface area contributed by atoms with Gasteiger partial charge in [-0.2, -0.15) is 0 Å². The fraction of sp³-hybridized carbons (Fsp3) is 0.318. The molecule has 3 aromatic rings. The van der Waals surface area contributed by atoms with Crippen LogP contribution in [0, 0.1) is 4.77 Å². The Morgan fingerprint density at radius 2 is 1.89 bits per heavy atom. The van der Waals surface area contributed by atoms with Crippen molar-refractivity contribution in [2.24, 2.45) is 0 Å². The zero-order chi connectivity index (χ0) is 19.5. The minimum Gasteiger partial charge on any atom is -0.352 e. The molecule has 2 aromatic carbocycles. The Bertz CT molecular complexity index is 1110. The van der Waals surface area contributed by atoms with Crippen molar-refractivity contribution >= 4 is 29.0 Å². The van der Waals surface area contributed by atoms with Gasteiger partial charge in [0.05, 0.1) is 10.9 Å². The number of fused-ring (bicyclic) bond motifs is 1. The van der Waals surface area contributed by atoms with Crippen LogP contribution in [0.1, 0.15) is 47.6 Å². The van der Waals surface area contributed by atoms with Crippen molar-refractivity contribution in [2.75, 3.05) is 6.54 Å². The van der Waals surface area contributed by atoms with E-state index >= 15 is 0 Å². The number of aromatic amines is 1. The first kappa shape index (κ1) is 18.6. The van der Waals surface area contributed by atoms with Crippen LogP contribution < -0.4 is 10.9 Å². The summed E-state index contributed by atoms with van der Waals surface area (Å²) in [6, 6.07) is 15.3. The van der Waals surface area contributed by atoms with Gasteiger partial charge in [0.15, 0.2) is 4.77 Å². The maximum absolute atomic E-state index is 12.9. The summed E-state index contributed by atoms with van der Waals surface area (Å²) >= 11 is 5.44. The van der Waals surface area contributed by atoms with Crippen molar-refractivity contribution in [3.05, 3.63) is 74.8 Å². The van der Waals surface area contributed by atoms with Gasteiger partial charge in [-0.1, -0.05) is 43.2 Å². The Morgan fingerprint density at radius 1 is 1.14 bits per heavy atom. The molecule has 6 heteroatoms. The molecule has 4 rings (SSSR count). The monoisotopic (exact) mass is 393 g/mol. The van der Waals surface area contributed by atoms with E-state index in [-0.39, 0.29) is 17.5 Å². The molecule has 1 aromatic heterocycles. The molecule has 0 atom stereocenters. The number of rotatable bonds is 5. The van der Waals surface area contributed by atoms with Crippen LogP contribution in [-0.4, -0.2) is 22.0 Å². The van der Waals surface area contributed by atoms with E-state index in [1.807, 2.05) is 30.3 Å². The van der Waals surface area contributed by atoms with Gasteiger partial charge < -0.3 is 10.3 Å². The van der Waals surface area contributed by atoms with E-state index in [4.69, 9.17) is 12.2 Å². The van der Waals surface area contributed by atoms with Gasteiger partial charge in [-0.15, -0.1) is 0 Å². The van der Waals surface area contributed by atoms with Crippen molar-refractivity contribution in [3.8, 4) is 0 Å². The first-order valence-corrected chi connectivity index (χ1v) is 10.1. The Hall–Kier alpha value is -2.73. The molecule has 5 nitrogen and oxygen atoms in total. The molecule has 0 spiro atoms. The highest BCUT2D eigenvalue weighted by molar-refractivity contribution is 7.71. The normalized spacial score (nSPS) is 14.4. The fourth-order valence-corrected chi connectivity index (χ4v) is 4.28. The maximum Gasteiger partial charge on any atom is 0.262 e. The van der Waals surface area contributed by atoms with Crippen molar-refractivity contribution in [3.63, 3.8) is 0 Å². The Morgan fingerprint density at radius 3 is 2.64 bits per heavy atom. The summed E-state index contributed by atoms with van der Waals surface area (Å²) in [6.07, 6.45) is 5.02. The highest BCUT2D eigenvalue weighted by Crippen LogP contribution is 2.28. The molecule has 28 heavy (non-hydrogen) atoms. The molecule has 2 N–H and O–H groups in total. The largest absolute Gasteiger partial charge is 0.352 e. The predicted octanol–water partition coefficient (Wildman–Crippen LogP) is 4.15. The Kier molecular flexibility index (Phi) is 5.39. The van der Waals surface area contributed by atoms with E-state index in [9.17, 15) is 9.59 Å². The minimum atomic E-state index is -0.155. The van der Waals surface area contributed by atoms with Gasteiger partial charge in [0.2, 0.25) is 0 Å². The summed E-state index contributed by atoms with van der Waals surface area (Å²) in [7, 11) is 0. The Balaban J connectivity index is 1.54. The van der Waals surface area contributed by atoms with Crippen molar-refractivity contribution < 1.29 is 4.79 Å². The third kappa shape index (κ3) is 3.78. The number of carbonyl (C=O) groups is 1. The first-order valence-electron chi connectivity index (χ1n) is 9.74. The molecular formula is C22H23N3O2S. The second-order valence-corrected chi connectivity index (χ2v) is 7.68. The van der Waals surface area contributed by atoms with E-state index in [1.165, 1.54) is 5.56 Å². The van der Waals surface area contributed by atoms with Gasteiger partial charge in [-0.3, -0.25) is 14.2 Å². The lowest BCUT2D eigenvalue weighted by Gasteiger charge is -2.15. The molecule has 0 unspecified atom stereocenters. The van der Waals surface area contributed by atoms with Gasteiger partial charge in [-0.25, -0.2) is 0 Å². The zero-order valence-corrected chi connectivity index (χ0v) is 16.4. The molecule has 1 aliphatic rings. The summed E-state index contributed by atoms with van der Waals surface area (Å²) in [6.45, 7) is 0.556. The number of carbonyl (C=O) groups excluding carboxylic acids is 1. The lowest BCUT2D eigenvalue weighted by molar-refractivity contribution is 0.0954. The number of nitrogens with zero attached hydrogens (tertiary/aromatic N) is 1. The second kappa shape index (κ2) is 8.10. The van der Waals surface area contributed by atoms with Gasteiger partial charge >= 0.3 is 0 Å². The summed E-state index contributed by atoms with van der Waals surface area (Å²) in [5, 5.41) is 3.51.